The Morgan fingerprint density at radius 1 is 0.848 bits per heavy atom. The number of aromatic nitrogens is 2. The molecule has 2 aromatic heterocycles. The summed E-state index contributed by atoms with van der Waals surface area (Å²) in [4.78, 5) is 7.00. The van der Waals surface area contributed by atoms with Crippen molar-refractivity contribution < 1.29 is 0 Å². The number of hydrogen-bond donors (Lipinski definition) is 1. The zero-order chi connectivity index (χ0) is 22.8. The quantitative estimate of drug-likeness (QED) is 0.379. The number of hydrogen-bond acceptors (Lipinski definition) is 2. The molecule has 0 bridgehead atoms. The molecule has 166 valence electrons. The number of aryl methyl sites for hydroxylation is 1. The smallest absolute Gasteiger partial charge is 0.170 e. The Morgan fingerprint density at radius 2 is 1.48 bits per heavy atom. The SMILES string of the molecule is Cc1cc([C@@H]2[C@@H](c3ccccn3)NC(=S)N2Cc2ccccc2)c(C)n1Cc1ccccc1. The van der Waals surface area contributed by atoms with Crippen molar-refractivity contribution in [2.45, 2.75) is 39.0 Å². The molecule has 1 fully saturated rings. The fourth-order valence-corrected chi connectivity index (χ4v) is 5.14. The van der Waals surface area contributed by atoms with Crippen LogP contribution in [0.3, 0.4) is 0 Å². The molecule has 0 saturated carbocycles. The highest BCUT2D eigenvalue weighted by molar-refractivity contribution is 7.80. The lowest BCUT2D eigenvalue weighted by atomic mass is 9.96. The molecule has 2 atom stereocenters. The van der Waals surface area contributed by atoms with Crippen LogP contribution in [0.4, 0.5) is 0 Å². The topological polar surface area (TPSA) is 33.1 Å². The van der Waals surface area contributed by atoms with Gasteiger partial charge >= 0.3 is 0 Å². The van der Waals surface area contributed by atoms with Gasteiger partial charge in [-0.2, -0.15) is 0 Å². The molecule has 0 aliphatic carbocycles. The molecule has 5 heteroatoms. The number of rotatable bonds is 6. The lowest BCUT2D eigenvalue weighted by Crippen LogP contribution is -2.29. The molecule has 1 saturated heterocycles. The van der Waals surface area contributed by atoms with E-state index in [0.717, 1.165) is 23.9 Å². The van der Waals surface area contributed by atoms with Gasteiger partial charge in [-0.05, 0) is 61.0 Å². The predicted molar refractivity (Wildman–Crippen MR) is 137 cm³/mol. The van der Waals surface area contributed by atoms with E-state index in [0.29, 0.717) is 0 Å². The highest BCUT2D eigenvalue weighted by Crippen LogP contribution is 2.41. The van der Waals surface area contributed by atoms with Crippen molar-refractivity contribution in [3.05, 3.63) is 125 Å². The van der Waals surface area contributed by atoms with Crippen LogP contribution in [0.5, 0.6) is 0 Å². The van der Waals surface area contributed by atoms with E-state index in [-0.39, 0.29) is 12.1 Å². The number of pyridine rings is 1. The summed E-state index contributed by atoms with van der Waals surface area (Å²) in [7, 11) is 0. The van der Waals surface area contributed by atoms with Crippen molar-refractivity contribution in [2.75, 3.05) is 0 Å². The normalized spacial score (nSPS) is 17.9. The number of benzene rings is 2. The fraction of sp³-hybridized carbons (Fsp3) is 0.214. The summed E-state index contributed by atoms with van der Waals surface area (Å²) in [6.07, 6.45) is 1.86. The van der Waals surface area contributed by atoms with Crippen LogP contribution in [0.25, 0.3) is 0 Å². The molecule has 0 unspecified atom stereocenters. The molecule has 4 aromatic rings. The van der Waals surface area contributed by atoms with Gasteiger partial charge in [-0.15, -0.1) is 0 Å². The molecule has 0 amide bonds. The Kier molecular flexibility index (Phi) is 5.97. The molecule has 5 rings (SSSR count). The second-order valence-corrected chi connectivity index (χ2v) is 9.03. The number of nitrogens with zero attached hydrogens (tertiary/aromatic N) is 3. The molecule has 33 heavy (non-hydrogen) atoms. The lowest BCUT2D eigenvalue weighted by Gasteiger charge is -2.28. The molecule has 1 aliphatic rings. The van der Waals surface area contributed by atoms with E-state index in [1.165, 1.54) is 28.1 Å². The van der Waals surface area contributed by atoms with Crippen LogP contribution in [-0.4, -0.2) is 19.6 Å². The van der Waals surface area contributed by atoms with Gasteiger partial charge in [-0.25, -0.2) is 0 Å². The Labute approximate surface area is 200 Å². The summed E-state index contributed by atoms with van der Waals surface area (Å²) in [6, 6.07) is 29.6. The van der Waals surface area contributed by atoms with E-state index in [1.807, 2.05) is 18.3 Å². The van der Waals surface area contributed by atoms with Crippen molar-refractivity contribution in [3.8, 4) is 0 Å². The molecular formula is C28H28N4S. The van der Waals surface area contributed by atoms with Crippen molar-refractivity contribution in [3.63, 3.8) is 0 Å². The molecule has 1 aliphatic heterocycles. The van der Waals surface area contributed by atoms with Crippen molar-refractivity contribution >= 4 is 17.3 Å². The van der Waals surface area contributed by atoms with E-state index in [1.54, 1.807) is 0 Å². The second kappa shape index (κ2) is 9.20. The Morgan fingerprint density at radius 3 is 2.12 bits per heavy atom. The maximum absolute atomic E-state index is 5.86. The third-order valence-corrected chi connectivity index (χ3v) is 6.86. The zero-order valence-electron chi connectivity index (χ0n) is 19.0. The summed E-state index contributed by atoms with van der Waals surface area (Å²) in [5.74, 6) is 0. The van der Waals surface area contributed by atoms with E-state index in [9.17, 15) is 0 Å². The maximum Gasteiger partial charge on any atom is 0.170 e. The van der Waals surface area contributed by atoms with Gasteiger partial charge < -0.3 is 14.8 Å². The Hall–Kier alpha value is -3.44. The summed E-state index contributed by atoms with van der Waals surface area (Å²) in [5, 5.41) is 4.35. The van der Waals surface area contributed by atoms with Crippen molar-refractivity contribution in [2.24, 2.45) is 0 Å². The number of nitrogens with one attached hydrogen (secondary N) is 1. The van der Waals surface area contributed by atoms with Gasteiger partial charge in [0.2, 0.25) is 0 Å². The van der Waals surface area contributed by atoms with Gasteiger partial charge in [0.05, 0.1) is 17.8 Å². The van der Waals surface area contributed by atoms with Gasteiger partial charge in [0.1, 0.15) is 0 Å². The van der Waals surface area contributed by atoms with Crippen LogP contribution in [0, 0.1) is 13.8 Å². The van der Waals surface area contributed by atoms with Crippen LogP contribution in [0.15, 0.2) is 91.1 Å². The maximum atomic E-state index is 5.86. The molecule has 3 heterocycles. The first kappa shape index (κ1) is 21.4. The summed E-state index contributed by atoms with van der Waals surface area (Å²) in [5.41, 5.74) is 7.37. The fourth-order valence-electron chi connectivity index (χ4n) is 4.83. The minimum Gasteiger partial charge on any atom is -0.352 e. The minimum atomic E-state index is -0.00640. The van der Waals surface area contributed by atoms with Gasteiger partial charge in [-0.1, -0.05) is 66.7 Å². The van der Waals surface area contributed by atoms with Crippen molar-refractivity contribution in [1.29, 1.82) is 0 Å². The highest BCUT2D eigenvalue weighted by Gasteiger charge is 2.41. The molecular weight excluding hydrogens is 424 g/mol. The standard InChI is InChI=1S/C28H28N4S/c1-20-17-24(21(2)31(20)18-22-11-5-3-6-12-22)27-26(25-15-9-10-16-29-25)30-28(33)32(27)19-23-13-7-4-8-14-23/h3-17,26-27H,18-19H2,1-2H3,(H,30,33)/t26-,27-/m1/s1. The average molecular weight is 453 g/mol. The largest absolute Gasteiger partial charge is 0.352 e. The van der Waals surface area contributed by atoms with Crippen LogP contribution >= 0.6 is 12.2 Å². The summed E-state index contributed by atoms with van der Waals surface area (Å²) < 4.78 is 2.40. The zero-order valence-corrected chi connectivity index (χ0v) is 19.8. The average Bonchev–Trinajstić information content (AvgIpc) is 3.31. The van der Waals surface area contributed by atoms with E-state index < -0.39 is 0 Å². The summed E-state index contributed by atoms with van der Waals surface area (Å²) in [6.45, 7) is 6.03. The van der Waals surface area contributed by atoms with E-state index >= 15 is 0 Å². The molecule has 2 aromatic carbocycles. The minimum absolute atomic E-state index is 0.00640. The van der Waals surface area contributed by atoms with Gasteiger partial charge in [-0.3, -0.25) is 4.98 Å². The van der Waals surface area contributed by atoms with Gasteiger partial charge in [0.25, 0.3) is 0 Å². The first-order valence-electron chi connectivity index (χ1n) is 11.3. The molecule has 1 N–H and O–H groups in total. The van der Waals surface area contributed by atoms with Crippen molar-refractivity contribution in [1.82, 2.24) is 19.8 Å². The van der Waals surface area contributed by atoms with Crippen LogP contribution in [0.1, 0.15) is 45.9 Å². The highest BCUT2D eigenvalue weighted by atomic mass is 32.1. The third-order valence-electron chi connectivity index (χ3n) is 6.51. The van der Waals surface area contributed by atoms with Gasteiger partial charge in [0.15, 0.2) is 5.11 Å². The van der Waals surface area contributed by atoms with Crippen LogP contribution in [-0.2, 0) is 13.1 Å². The lowest BCUT2D eigenvalue weighted by molar-refractivity contribution is 0.310. The first-order valence-corrected chi connectivity index (χ1v) is 11.7. The monoisotopic (exact) mass is 452 g/mol. The Balaban J connectivity index is 1.56. The molecule has 0 radical (unpaired) electrons. The predicted octanol–water partition coefficient (Wildman–Crippen LogP) is 5.72. The summed E-state index contributed by atoms with van der Waals surface area (Å²) >= 11 is 5.86. The van der Waals surface area contributed by atoms with Crippen LogP contribution in [0.2, 0.25) is 0 Å². The van der Waals surface area contributed by atoms with Gasteiger partial charge in [0, 0.05) is 30.7 Å². The third kappa shape index (κ3) is 4.29. The van der Waals surface area contributed by atoms with E-state index in [2.05, 4.69) is 106 Å². The van der Waals surface area contributed by atoms with E-state index in [4.69, 9.17) is 12.2 Å². The second-order valence-electron chi connectivity index (χ2n) is 8.64. The Bertz CT molecular complexity index is 1240. The number of thiocarbonyl (C=S) groups is 1. The molecule has 0 spiro atoms. The first-order chi connectivity index (χ1) is 16.1. The molecule has 4 nitrogen and oxygen atoms in total. The van der Waals surface area contributed by atoms with Crippen LogP contribution < -0.4 is 5.32 Å².